The van der Waals surface area contributed by atoms with E-state index < -0.39 is 14.9 Å². The van der Waals surface area contributed by atoms with Crippen molar-refractivity contribution in [3.63, 3.8) is 0 Å². The number of aliphatic hydroxyl groups excluding tert-OH is 1. The molecule has 0 heterocycles. The summed E-state index contributed by atoms with van der Waals surface area (Å²) in [5, 5.41) is 9.09. The first kappa shape index (κ1) is 15.9. The van der Waals surface area contributed by atoms with Crippen LogP contribution in [0.25, 0.3) is 0 Å². The monoisotopic (exact) mass is 274 g/mol. The van der Waals surface area contributed by atoms with Gasteiger partial charge in [0.1, 0.15) is 5.83 Å². The fraction of sp³-hybridized carbons (Fsp3) is 0.857. The summed E-state index contributed by atoms with van der Waals surface area (Å²) in [7, 11) is -1.75. The molecule has 0 radical (unpaired) electrons. The average Bonchev–Trinajstić information content (AvgIpc) is 2.72. The first-order valence-electron chi connectivity index (χ1n) is 6.81. The molecule has 4 heteroatoms. The summed E-state index contributed by atoms with van der Waals surface area (Å²) in [6, 6.07) is 0. The third-order valence-corrected chi connectivity index (χ3v) is 8.93. The summed E-state index contributed by atoms with van der Waals surface area (Å²) in [6.45, 7) is 11.2. The first-order valence-corrected chi connectivity index (χ1v) is 9.72. The Bertz CT molecular complexity index is 318. The molecule has 2 nitrogen and oxygen atoms in total. The lowest BCUT2D eigenvalue weighted by molar-refractivity contribution is 0.241. The Hall–Kier alpha value is -0.193. The fourth-order valence-corrected chi connectivity index (χ4v) is 3.14. The van der Waals surface area contributed by atoms with Crippen molar-refractivity contribution in [3.05, 3.63) is 11.4 Å². The summed E-state index contributed by atoms with van der Waals surface area (Å²) >= 11 is 0. The van der Waals surface area contributed by atoms with Gasteiger partial charge in [-0.3, -0.25) is 0 Å². The SMILES string of the molecule is CC(C)(C)[Si](C)(C)OC[C@@H]1CCCC1=C(F)CO. The lowest BCUT2D eigenvalue weighted by atomic mass is 10.0. The van der Waals surface area contributed by atoms with Crippen LogP contribution in [0, 0.1) is 5.92 Å². The van der Waals surface area contributed by atoms with Crippen LogP contribution in [0.5, 0.6) is 0 Å². The summed E-state index contributed by atoms with van der Waals surface area (Å²) in [5.74, 6) is -0.164. The molecule has 1 saturated carbocycles. The van der Waals surface area contributed by atoms with Crippen LogP contribution >= 0.6 is 0 Å². The molecule has 18 heavy (non-hydrogen) atoms. The van der Waals surface area contributed by atoms with E-state index in [9.17, 15) is 4.39 Å². The molecule has 1 aliphatic carbocycles. The van der Waals surface area contributed by atoms with Crippen molar-refractivity contribution in [1.29, 1.82) is 0 Å². The highest BCUT2D eigenvalue weighted by Crippen LogP contribution is 2.39. The molecular weight excluding hydrogens is 247 g/mol. The Labute approximate surface area is 111 Å². The van der Waals surface area contributed by atoms with Crippen LogP contribution in [0.4, 0.5) is 4.39 Å². The van der Waals surface area contributed by atoms with Gasteiger partial charge in [0.2, 0.25) is 0 Å². The normalized spacial score (nSPS) is 24.5. The van der Waals surface area contributed by atoms with Crippen LogP contribution in [0.15, 0.2) is 11.4 Å². The van der Waals surface area contributed by atoms with Gasteiger partial charge in [0, 0.05) is 12.5 Å². The molecule has 0 aromatic carbocycles. The zero-order valence-corrected chi connectivity index (χ0v) is 13.3. The van der Waals surface area contributed by atoms with Gasteiger partial charge in [-0.15, -0.1) is 0 Å². The Kier molecular flexibility index (Phi) is 5.15. The Balaban J connectivity index is 2.64. The molecule has 1 fully saturated rings. The minimum atomic E-state index is -1.75. The molecule has 0 bridgehead atoms. The van der Waals surface area contributed by atoms with Crippen molar-refractivity contribution in [2.45, 2.75) is 58.2 Å². The van der Waals surface area contributed by atoms with Gasteiger partial charge >= 0.3 is 0 Å². The molecule has 0 aliphatic heterocycles. The third kappa shape index (κ3) is 3.65. The van der Waals surface area contributed by atoms with Crippen LogP contribution in [-0.2, 0) is 4.43 Å². The molecule has 0 aromatic rings. The van der Waals surface area contributed by atoms with Crippen LogP contribution in [0.3, 0.4) is 0 Å². The Morgan fingerprint density at radius 1 is 1.44 bits per heavy atom. The smallest absolute Gasteiger partial charge is 0.192 e. The van der Waals surface area contributed by atoms with Gasteiger partial charge in [-0.2, -0.15) is 0 Å². The van der Waals surface area contributed by atoms with Gasteiger partial charge in [0.25, 0.3) is 0 Å². The highest BCUT2D eigenvalue weighted by molar-refractivity contribution is 6.74. The van der Waals surface area contributed by atoms with Gasteiger partial charge < -0.3 is 9.53 Å². The van der Waals surface area contributed by atoms with Crippen LogP contribution in [0.1, 0.15) is 40.0 Å². The van der Waals surface area contributed by atoms with E-state index in [-0.39, 0.29) is 16.8 Å². The predicted octanol–water partition coefficient (Wildman–Crippen LogP) is 4.02. The van der Waals surface area contributed by atoms with Gasteiger partial charge in [-0.05, 0) is 43.0 Å². The maximum absolute atomic E-state index is 13.5. The summed E-state index contributed by atoms with van der Waals surface area (Å²) in [5.41, 5.74) is 0.788. The zero-order valence-electron chi connectivity index (χ0n) is 12.3. The second-order valence-corrected chi connectivity index (χ2v) is 11.6. The van der Waals surface area contributed by atoms with E-state index in [0.717, 1.165) is 24.8 Å². The predicted molar refractivity (Wildman–Crippen MR) is 75.7 cm³/mol. The van der Waals surface area contributed by atoms with Crippen LogP contribution in [0.2, 0.25) is 18.1 Å². The minimum Gasteiger partial charge on any atom is -0.416 e. The molecule has 0 spiro atoms. The number of aliphatic hydroxyl groups is 1. The van der Waals surface area contributed by atoms with Crippen molar-refractivity contribution < 1.29 is 13.9 Å². The summed E-state index contributed by atoms with van der Waals surface area (Å²) in [6.07, 6.45) is 2.77. The molecule has 1 atom stereocenters. The van der Waals surface area contributed by atoms with Gasteiger partial charge in [0.05, 0.1) is 6.61 Å². The molecule has 1 aliphatic rings. The van der Waals surface area contributed by atoms with E-state index in [2.05, 4.69) is 33.9 Å². The minimum absolute atomic E-state index is 0.172. The number of halogens is 1. The fourth-order valence-electron chi connectivity index (χ4n) is 2.09. The van der Waals surface area contributed by atoms with Gasteiger partial charge in [-0.1, -0.05) is 20.8 Å². The molecular formula is C14H27FO2Si. The molecule has 0 amide bonds. The Morgan fingerprint density at radius 3 is 2.56 bits per heavy atom. The zero-order chi connectivity index (χ0) is 14.0. The van der Waals surface area contributed by atoms with Crippen LogP contribution < -0.4 is 0 Å². The van der Waals surface area contributed by atoms with E-state index in [1.54, 1.807) is 0 Å². The first-order chi connectivity index (χ1) is 8.19. The maximum Gasteiger partial charge on any atom is 0.192 e. The van der Waals surface area contributed by atoms with Gasteiger partial charge in [0.15, 0.2) is 8.32 Å². The molecule has 1 rings (SSSR count). The highest BCUT2D eigenvalue weighted by atomic mass is 28.4. The van der Waals surface area contributed by atoms with Crippen molar-refractivity contribution in [1.82, 2.24) is 0 Å². The van der Waals surface area contributed by atoms with Crippen molar-refractivity contribution in [2.24, 2.45) is 5.92 Å². The lowest BCUT2D eigenvalue weighted by Crippen LogP contribution is -2.41. The van der Waals surface area contributed by atoms with E-state index in [1.807, 2.05) is 0 Å². The largest absolute Gasteiger partial charge is 0.416 e. The number of hydrogen-bond donors (Lipinski definition) is 1. The van der Waals surface area contributed by atoms with Gasteiger partial charge in [-0.25, -0.2) is 4.39 Å². The number of rotatable bonds is 4. The number of hydrogen-bond acceptors (Lipinski definition) is 2. The lowest BCUT2D eigenvalue weighted by Gasteiger charge is -2.37. The van der Waals surface area contributed by atoms with E-state index in [0.29, 0.717) is 6.61 Å². The van der Waals surface area contributed by atoms with Crippen molar-refractivity contribution >= 4 is 8.32 Å². The van der Waals surface area contributed by atoms with Crippen LogP contribution in [-0.4, -0.2) is 26.6 Å². The van der Waals surface area contributed by atoms with Crippen molar-refractivity contribution in [2.75, 3.05) is 13.2 Å². The Morgan fingerprint density at radius 2 is 2.06 bits per heavy atom. The standard InChI is InChI=1S/C14H27FO2Si/c1-14(2,3)18(4,5)17-10-11-7-6-8-12(11)13(15)9-16/h11,16H,6-10H2,1-5H3/t11-/m0/s1. The van der Waals surface area contributed by atoms with E-state index >= 15 is 0 Å². The third-order valence-electron chi connectivity index (χ3n) is 4.43. The molecule has 0 saturated heterocycles. The molecule has 0 unspecified atom stereocenters. The quantitative estimate of drug-likeness (QED) is 0.784. The van der Waals surface area contributed by atoms with E-state index in [1.165, 1.54) is 0 Å². The second kappa shape index (κ2) is 5.84. The maximum atomic E-state index is 13.5. The highest BCUT2D eigenvalue weighted by Gasteiger charge is 2.38. The molecule has 106 valence electrons. The van der Waals surface area contributed by atoms with E-state index in [4.69, 9.17) is 9.53 Å². The summed E-state index contributed by atoms with van der Waals surface area (Å²) < 4.78 is 19.7. The average molecular weight is 274 g/mol. The topological polar surface area (TPSA) is 29.5 Å². The molecule has 0 aromatic heterocycles. The molecule has 1 N–H and O–H groups in total. The summed E-state index contributed by atoms with van der Waals surface area (Å²) in [4.78, 5) is 0. The van der Waals surface area contributed by atoms with Crippen molar-refractivity contribution in [3.8, 4) is 0 Å². The second-order valence-electron chi connectivity index (χ2n) is 6.75.